The maximum Gasteiger partial charge on any atom is 0.243 e. The smallest absolute Gasteiger partial charge is 0.243 e. The molecule has 146 valence electrons. The van der Waals surface area contributed by atoms with E-state index in [4.69, 9.17) is 23.8 Å². The average Bonchev–Trinajstić information content (AvgIpc) is 3.08. The number of halogens is 1. The van der Waals surface area contributed by atoms with Gasteiger partial charge in [-0.15, -0.1) is 0 Å². The Bertz CT molecular complexity index is 888. The van der Waals surface area contributed by atoms with Crippen LogP contribution >= 0.6 is 23.8 Å². The zero-order valence-electron chi connectivity index (χ0n) is 15.4. The van der Waals surface area contributed by atoms with E-state index in [2.05, 4.69) is 23.1 Å². The highest BCUT2D eigenvalue weighted by Crippen LogP contribution is 2.25. The number of anilines is 2. The lowest BCUT2D eigenvalue weighted by molar-refractivity contribution is -0.126. The van der Waals surface area contributed by atoms with Crippen LogP contribution in [0.2, 0.25) is 5.02 Å². The van der Waals surface area contributed by atoms with Gasteiger partial charge in [-0.25, -0.2) is 0 Å². The van der Waals surface area contributed by atoms with Crippen molar-refractivity contribution in [1.29, 1.82) is 0 Å². The second-order valence-corrected chi connectivity index (χ2v) is 7.35. The number of hydrogen-bond donors (Lipinski definition) is 3. The number of carbonyl (C=O) groups is 2. The van der Waals surface area contributed by atoms with Gasteiger partial charge in [0.25, 0.3) is 0 Å². The Kier molecular flexibility index (Phi) is 6.49. The number of nitrogens with zero attached hydrogens (tertiary/aromatic N) is 1. The minimum atomic E-state index is -0.445. The normalized spacial score (nSPS) is 16.0. The summed E-state index contributed by atoms with van der Waals surface area (Å²) < 4.78 is 0. The summed E-state index contributed by atoms with van der Waals surface area (Å²) in [5.41, 5.74) is 7.94. The zero-order chi connectivity index (χ0) is 20.1. The molecule has 0 unspecified atom stereocenters. The van der Waals surface area contributed by atoms with Gasteiger partial charge in [-0.3, -0.25) is 20.4 Å². The summed E-state index contributed by atoms with van der Waals surface area (Å²) in [7, 11) is 0. The molecule has 1 saturated heterocycles. The lowest BCUT2D eigenvalue weighted by Gasteiger charge is -2.17. The van der Waals surface area contributed by atoms with E-state index < -0.39 is 5.92 Å². The summed E-state index contributed by atoms with van der Waals surface area (Å²) in [6.07, 6.45) is 1.10. The van der Waals surface area contributed by atoms with Crippen molar-refractivity contribution in [2.24, 2.45) is 5.92 Å². The highest BCUT2D eigenvalue weighted by molar-refractivity contribution is 7.80. The van der Waals surface area contributed by atoms with Crippen LogP contribution in [0.25, 0.3) is 0 Å². The Hall–Kier alpha value is -2.64. The molecule has 6 nitrogen and oxygen atoms in total. The second kappa shape index (κ2) is 9.03. The summed E-state index contributed by atoms with van der Waals surface area (Å²) in [5, 5.41) is 3.73. The summed E-state index contributed by atoms with van der Waals surface area (Å²) in [6.45, 7) is 2.42. The van der Waals surface area contributed by atoms with E-state index >= 15 is 0 Å². The first kappa shape index (κ1) is 20.1. The Balaban J connectivity index is 1.52. The number of hydrogen-bond acceptors (Lipinski definition) is 3. The fraction of sp³-hybridized carbons (Fsp3) is 0.250. The molecule has 3 N–H and O–H groups in total. The van der Waals surface area contributed by atoms with Gasteiger partial charge in [0, 0.05) is 29.4 Å². The molecular weight excluding hydrogens is 396 g/mol. The van der Waals surface area contributed by atoms with Crippen LogP contribution in [0.15, 0.2) is 48.5 Å². The van der Waals surface area contributed by atoms with Gasteiger partial charge in [-0.1, -0.05) is 36.7 Å². The number of aryl methyl sites for hydroxylation is 1. The lowest BCUT2D eigenvalue weighted by Crippen LogP contribution is -2.46. The fourth-order valence-corrected chi connectivity index (χ4v) is 3.35. The molecule has 1 fully saturated rings. The third-order valence-electron chi connectivity index (χ3n) is 4.53. The van der Waals surface area contributed by atoms with Crippen molar-refractivity contribution in [2.75, 3.05) is 16.8 Å². The van der Waals surface area contributed by atoms with Crippen molar-refractivity contribution < 1.29 is 9.59 Å². The number of carbonyl (C=O) groups excluding carboxylic acids is 2. The zero-order valence-corrected chi connectivity index (χ0v) is 16.9. The van der Waals surface area contributed by atoms with E-state index in [1.807, 2.05) is 24.3 Å². The maximum atomic E-state index is 12.4. The van der Waals surface area contributed by atoms with Gasteiger partial charge in [0.2, 0.25) is 11.8 Å². The molecule has 0 spiro atoms. The van der Waals surface area contributed by atoms with Crippen LogP contribution in [-0.4, -0.2) is 23.5 Å². The van der Waals surface area contributed by atoms with E-state index in [9.17, 15) is 9.59 Å². The molecule has 2 aromatic carbocycles. The van der Waals surface area contributed by atoms with E-state index in [1.165, 1.54) is 5.56 Å². The molecule has 1 atom stereocenters. The Labute approximate surface area is 174 Å². The lowest BCUT2D eigenvalue weighted by atomic mass is 10.1. The maximum absolute atomic E-state index is 12.4. The fourth-order valence-electron chi connectivity index (χ4n) is 2.99. The second-order valence-electron chi connectivity index (χ2n) is 6.50. The molecule has 0 saturated carbocycles. The topological polar surface area (TPSA) is 73.5 Å². The molecule has 28 heavy (non-hydrogen) atoms. The van der Waals surface area contributed by atoms with Crippen LogP contribution in [0.4, 0.5) is 11.4 Å². The molecule has 3 rings (SSSR count). The van der Waals surface area contributed by atoms with Crippen molar-refractivity contribution in [3.8, 4) is 0 Å². The van der Waals surface area contributed by atoms with Gasteiger partial charge >= 0.3 is 0 Å². The van der Waals surface area contributed by atoms with Gasteiger partial charge in [-0.2, -0.15) is 0 Å². The first-order chi connectivity index (χ1) is 13.5. The molecule has 0 aromatic heterocycles. The van der Waals surface area contributed by atoms with Crippen LogP contribution in [0.5, 0.6) is 0 Å². The molecule has 0 bridgehead atoms. The van der Waals surface area contributed by atoms with Crippen molar-refractivity contribution in [1.82, 2.24) is 10.9 Å². The summed E-state index contributed by atoms with van der Waals surface area (Å²) in [5.74, 6) is -0.792. The Morgan fingerprint density at radius 2 is 1.96 bits per heavy atom. The third kappa shape index (κ3) is 4.99. The SMILES string of the molecule is CCc1ccc(N2C[C@@H](C(=O)NNC(=S)Nc3cccc(Cl)c3)CC2=O)cc1. The third-order valence-corrected chi connectivity index (χ3v) is 4.97. The Morgan fingerprint density at radius 1 is 1.21 bits per heavy atom. The van der Waals surface area contributed by atoms with Crippen molar-refractivity contribution in [2.45, 2.75) is 19.8 Å². The van der Waals surface area contributed by atoms with Crippen molar-refractivity contribution in [3.63, 3.8) is 0 Å². The number of amides is 2. The quantitative estimate of drug-likeness (QED) is 0.527. The molecule has 1 heterocycles. The van der Waals surface area contributed by atoms with E-state index in [1.54, 1.807) is 29.2 Å². The number of benzene rings is 2. The molecule has 0 aliphatic carbocycles. The van der Waals surface area contributed by atoms with Crippen LogP contribution in [-0.2, 0) is 16.0 Å². The van der Waals surface area contributed by atoms with Crippen LogP contribution < -0.4 is 21.1 Å². The molecule has 1 aliphatic heterocycles. The number of thiocarbonyl (C=S) groups is 1. The largest absolute Gasteiger partial charge is 0.331 e. The van der Waals surface area contributed by atoms with Crippen LogP contribution in [0, 0.1) is 5.92 Å². The van der Waals surface area contributed by atoms with Crippen LogP contribution in [0.3, 0.4) is 0 Å². The van der Waals surface area contributed by atoms with Crippen LogP contribution in [0.1, 0.15) is 18.9 Å². The van der Waals surface area contributed by atoms with E-state index in [0.29, 0.717) is 17.3 Å². The molecule has 2 aromatic rings. The van der Waals surface area contributed by atoms with Gasteiger partial charge in [0.05, 0.1) is 5.92 Å². The number of nitrogens with one attached hydrogen (secondary N) is 3. The van der Waals surface area contributed by atoms with E-state index in [-0.39, 0.29) is 23.3 Å². The van der Waals surface area contributed by atoms with Gasteiger partial charge in [-0.05, 0) is 54.5 Å². The molecule has 1 aliphatic rings. The summed E-state index contributed by atoms with van der Waals surface area (Å²) in [6, 6.07) is 14.9. The molecular formula is C20H21ClN4O2S. The number of hydrazine groups is 1. The number of rotatable bonds is 4. The summed E-state index contributed by atoms with van der Waals surface area (Å²) in [4.78, 5) is 26.4. The van der Waals surface area contributed by atoms with Crippen molar-refractivity contribution >= 4 is 52.1 Å². The van der Waals surface area contributed by atoms with E-state index in [0.717, 1.165) is 12.1 Å². The first-order valence-corrected chi connectivity index (χ1v) is 9.76. The van der Waals surface area contributed by atoms with Gasteiger partial charge in [0.15, 0.2) is 5.11 Å². The van der Waals surface area contributed by atoms with Gasteiger partial charge in [0.1, 0.15) is 0 Å². The first-order valence-electron chi connectivity index (χ1n) is 8.98. The highest BCUT2D eigenvalue weighted by Gasteiger charge is 2.35. The Morgan fingerprint density at radius 3 is 2.64 bits per heavy atom. The van der Waals surface area contributed by atoms with Gasteiger partial charge < -0.3 is 10.2 Å². The minimum absolute atomic E-state index is 0.0657. The molecule has 2 amide bonds. The molecule has 8 heteroatoms. The average molecular weight is 417 g/mol. The predicted molar refractivity (Wildman–Crippen MR) is 115 cm³/mol. The standard InChI is InChI=1S/C20H21ClN4O2S/c1-2-13-6-8-17(9-7-13)25-12-14(10-18(25)26)19(27)23-24-20(28)22-16-5-3-4-15(21)11-16/h3-9,11,14H,2,10,12H2,1H3,(H,23,27)(H2,22,24,28)/t14-/m0/s1. The predicted octanol–water partition coefficient (Wildman–Crippen LogP) is 3.27. The summed E-state index contributed by atoms with van der Waals surface area (Å²) >= 11 is 11.1. The minimum Gasteiger partial charge on any atom is -0.331 e. The van der Waals surface area contributed by atoms with Crippen molar-refractivity contribution in [3.05, 3.63) is 59.1 Å². The highest BCUT2D eigenvalue weighted by atomic mass is 35.5. The molecule has 0 radical (unpaired) electrons. The monoisotopic (exact) mass is 416 g/mol.